The monoisotopic (exact) mass is 1210 g/mol. The van der Waals surface area contributed by atoms with Crippen molar-refractivity contribution in [1.82, 2.24) is 0 Å². The molecule has 1 radical (unpaired) electrons. The molecule has 4 atom stereocenters. The van der Waals surface area contributed by atoms with E-state index < -0.39 is 0 Å². The lowest BCUT2D eigenvalue weighted by Crippen LogP contribution is -2.41. The molecule has 0 N–H and O–H groups in total. The van der Waals surface area contributed by atoms with Gasteiger partial charge in [0, 0.05) is 56.5 Å². The second-order valence-corrected chi connectivity index (χ2v) is 32.3. The van der Waals surface area contributed by atoms with E-state index in [1.54, 1.807) is 0 Å². The highest BCUT2D eigenvalue weighted by molar-refractivity contribution is 9.11. The number of rotatable bonds is 9. The summed E-state index contributed by atoms with van der Waals surface area (Å²) in [6.45, 7) is 10.6. The van der Waals surface area contributed by atoms with E-state index in [9.17, 15) is 0 Å². The molecule has 4 unspecified atom stereocenters. The summed E-state index contributed by atoms with van der Waals surface area (Å²) < 4.78 is 17.7. The highest BCUT2D eigenvalue weighted by Crippen LogP contribution is 2.65. The van der Waals surface area contributed by atoms with Gasteiger partial charge >= 0.3 is 7.12 Å². The molecule has 305 valence electrons. The molecule has 17 heteroatoms. The van der Waals surface area contributed by atoms with E-state index in [2.05, 4.69) is 305 Å². The van der Waals surface area contributed by atoms with Crippen molar-refractivity contribution in [2.24, 2.45) is 0 Å². The third kappa shape index (κ3) is 14.7. The summed E-state index contributed by atoms with van der Waals surface area (Å²) in [4.78, 5) is 4.46. The molecule has 0 aliphatic carbocycles. The maximum atomic E-state index is 6.20. The molecule has 0 amide bonds. The Bertz CT molecular complexity index is 2050. The maximum absolute atomic E-state index is 6.20. The van der Waals surface area contributed by atoms with Gasteiger partial charge in [-0.3, -0.25) is 0 Å². The molecular weight excluding hydrogens is 1170 g/mol. The van der Waals surface area contributed by atoms with Crippen LogP contribution in [0.4, 0.5) is 34.1 Å². The van der Waals surface area contributed by atoms with Crippen molar-refractivity contribution in [3.05, 3.63) is 168 Å². The number of benzene rings is 6. The van der Waals surface area contributed by atoms with Crippen LogP contribution in [-0.4, -0.2) is 25.0 Å². The van der Waals surface area contributed by atoms with E-state index in [0.717, 1.165) is 62.0 Å². The van der Waals surface area contributed by atoms with Crippen molar-refractivity contribution in [3.8, 4) is 0 Å². The molecule has 1 heterocycles. The molecule has 0 bridgehead atoms. The van der Waals surface area contributed by atoms with Gasteiger partial charge < -0.3 is 19.1 Å². The molecule has 1 saturated heterocycles. The summed E-state index contributed by atoms with van der Waals surface area (Å²) in [6.07, 6.45) is 0. The van der Waals surface area contributed by atoms with Crippen molar-refractivity contribution >= 4 is 183 Å². The van der Waals surface area contributed by atoms with Gasteiger partial charge in [-0.2, -0.15) is 0 Å². The maximum Gasteiger partial charge on any atom is 0.494 e. The Morgan fingerprint density at radius 1 is 0.407 bits per heavy atom. The van der Waals surface area contributed by atoms with Gasteiger partial charge in [0.05, 0.1) is 11.2 Å². The largest absolute Gasteiger partial charge is 0.494 e. The van der Waals surface area contributed by atoms with Crippen LogP contribution in [-0.2, 0) is 9.31 Å². The molecule has 0 saturated carbocycles. The fraction of sp³-hybridized carbons (Fsp3) is 0.143. The lowest BCUT2D eigenvalue weighted by Gasteiger charge is -2.32. The standard InChI is InChI=1S/C24H24BBr2NO2.C18H12Br3N.BH8P6/c1-23(2)24(3,4)30-25(29-23)17-5-11-20(12-6-17)28(21-13-7-18(26)8-14-21)22-15-9-19(27)10-16-22;19-13-1-7-16(8-2-13)22(17-9-3-14(20)4-10-17)18-11-5-15(21)6-12-18;2-6(3)1-7(4)5/h5-16H,1-4H3;1-12H;2-5H2. The average molecular weight is 1220 g/mol. The summed E-state index contributed by atoms with van der Waals surface area (Å²) >= 11 is 17.5. The minimum absolute atomic E-state index is 0.0556. The number of nitrogens with zero attached hydrogens (tertiary/aromatic N) is 2. The first-order valence-electron chi connectivity index (χ1n) is 18.2. The van der Waals surface area contributed by atoms with Crippen LogP contribution in [0.25, 0.3) is 0 Å². The molecule has 1 fully saturated rings. The van der Waals surface area contributed by atoms with Crippen LogP contribution in [0.15, 0.2) is 168 Å². The zero-order valence-corrected chi connectivity index (χ0v) is 47.2. The van der Waals surface area contributed by atoms with Crippen molar-refractivity contribution < 1.29 is 9.31 Å². The molecule has 7 rings (SSSR count). The second kappa shape index (κ2) is 23.2. The average Bonchev–Trinajstić information content (AvgIpc) is 3.41. The zero-order valence-electron chi connectivity index (χ0n) is 32.8. The van der Waals surface area contributed by atoms with Crippen LogP contribution >= 0.6 is 130 Å². The first-order chi connectivity index (χ1) is 27.9. The van der Waals surface area contributed by atoms with Crippen molar-refractivity contribution in [3.63, 3.8) is 0 Å². The van der Waals surface area contributed by atoms with Crippen LogP contribution in [0.1, 0.15) is 27.7 Å². The van der Waals surface area contributed by atoms with Gasteiger partial charge in [0.1, 0.15) is 0 Å². The summed E-state index contributed by atoms with van der Waals surface area (Å²) in [5.74, 6) is 0. The molecular formula is C42H44B2Br5N2O2P6. The van der Waals surface area contributed by atoms with Crippen LogP contribution < -0.4 is 15.3 Å². The van der Waals surface area contributed by atoms with Crippen molar-refractivity contribution in [1.29, 1.82) is 0 Å². The Morgan fingerprint density at radius 2 is 0.610 bits per heavy atom. The fourth-order valence-electron chi connectivity index (χ4n) is 5.76. The third-order valence-electron chi connectivity index (χ3n) is 9.37. The van der Waals surface area contributed by atoms with Crippen molar-refractivity contribution in [2.75, 3.05) is 9.80 Å². The summed E-state index contributed by atoms with van der Waals surface area (Å²) in [5.41, 5.74) is 6.92. The molecule has 6 aromatic rings. The SMILES string of the molecule is Brc1ccc(N(c2ccc(Br)cc2)c2ccc(Br)cc2)cc1.CC1(C)OB(c2ccc(N(c3ccc(Br)cc3)c3ccc(Br)cc3)cc2)OC1(C)C.PP(P)[B]P(P)P. The van der Waals surface area contributed by atoms with E-state index in [1.165, 1.54) is 0 Å². The van der Waals surface area contributed by atoms with E-state index in [1.807, 2.05) is 0 Å². The summed E-state index contributed by atoms with van der Waals surface area (Å²) in [5, 5.41) is 0. The molecule has 1 aliphatic rings. The minimum atomic E-state index is -0.363. The van der Waals surface area contributed by atoms with E-state index >= 15 is 0 Å². The fourth-order valence-corrected chi connectivity index (χ4v) is 19.4. The van der Waals surface area contributed by atoms with Gasteiger partial charge in [-0.05, 0) is 167 Å². The van der Waals surface area contributed by atoms with E-state index in [-0.39, 0.29) is 32.7 Å². The van der Waals surface area contributed by atoms with Crippen LogP contribution in [0.2, 0.25) is 0 Å². The Balaban J connectivity index is 0.000000200. The lowest BCUT2D eigenvalue weighted by atomic mass is 9.79. The first kappa shape index (κ1) is 50.0. The topological polar surface area (TPSA) is 24.9 Å². The van der Waals surface area contributed by atoms with E-state index in [4.69, 9.17) is 9.31 Å². The lowest BCUT2D eigenvalue weighted by molar-refractivity contribution is 0.00578. The minimum Gasteiger partial charge on any atom is -0.399 e. The van der Waals surface area contributed by atoms with E-state index in [0.29, 0.717) is 0 Å². The number of halogens is 5. The van der Waals surface area contributed by atoms with Gasteiger partial charge in [0.25, 0.3) is 0 Å². The normalized spacial score (nSPS) is 13.9. The van der Waals surface area contributed by atoms with Gasteiger partial charge in [0.15, 0.2) is 0 Å². The highest BCUT2D eigenvalue weighted by Gasteiger charge is 2.51. The van der Waals surface area contributed by atoms with Gasteiger partial charge in [0.2, 0.25) is 6.72 Å². The smallest absolute Gasteiger partial charge is 0.399 e. The molecule has 6 aromatic carbocycles. The van der Waals surface area contributed by atoms with Gasteiger partial charge in [-0.15, -0.1) is 50.1 Å². The Hall–Kier alpha value is -0.0501. The molecule has 59 heavy (non-hydrogen) atoms. The molecule has 4 nitrogen and oxygen atoms in total. The predicted molar refractivity (Wildman–Crippen MR) is 295 cm³/mol. The summed E-state index contributed by atoms with van der Waals surface area (Å²) in [6, 6.07) is 50.0. The number of anilines is 6. The molecule has 0 spiro atoms. The van der Waals surface area contributed by atoms with Gasteiger partial charge in [-0.25, -0.2) is 0 Å². The van der Waals surface area contributed by atoms with Crippen LogP contribution in [0, 0.1) is 0 Å². The molecule has 0 aromatic heterocycles. The van der Waals surface area contributed by atoms with Crippen LogP contribution in [0.3, 0.4) is 0 Å². The zero-order chi connectivity index (χ0) is 42.9. The summed E-state index contributed by atoms with van der Waals surface area (Å²) in [7, 11) is 10.8. The third-order valence-corrected chi connectivity index (χ3v) is 18.9. The van der Waals surface area contributed by atoms with Crippen LogP contribution in [0.5, 0.6) is 0 Å². The number of hydrogen-bond donors (Lipinski definition) is 0. The second-order valence-electron chi connectivity index (χ2n) is 14.2. The predicted octanol–water partition coefficient (Wildman–Crippen LogP) is 17.1. The van der Waals surface area contributed by atoms with Gasteiger partial charge in [-0.1, -0.05) is 91.8 Å². The first-order valence-corrected chi connectivity index (χ1v) is 31.4. The Morgan fingerprint density at radius 3 is 0.797 bits per heavy atom. The molecule has 1 aliphatic heterocycles. The highest BCUT2D eigenvalue weighted by atomic mass is 79.9. The Labute approximate surface area is 405 Å². The number of hydrogen-bond acceptors (Lipinski definition) is 4. The Kier molecular flexibility index (Phi) is 19.7. The quantitative estimate of drug-likeness (QED) is 0.106. The van der Waals surface area contributed by atoms with Crippen molar-refractivity contribution in [2.45, 2.75) is 38.9 Å².